The number of fused-ring (bicyclic) bond motifs is 1. The highest BCUT2D eigenvalue weighted by Crippen LogP contribution is 2.34. The van der Waals surface area contributed by atoms with E-state index in [-0.39, 0.29) is 0 Å². The average Bonchev–Trinajstić information content (AvgIpc) is 3.22. The molecule has 0 spiro atoms. The van der Waals surface area contributed by atoms with Gasteiger partial charge in [0, 0.05) is 5.39 Å². The van der Waals surface area contributed by atoms with Gasteiger partial charge in [0.15, 0.2) is 0 Å². The molecule has 1 unspecified atom stereocenters. The summed E-state index contributed by atoms with van der Waals surface area (Å²) in [5.41, 5.74) is 1.50. The molecule has 1 aliphatic rings. The van der Waals surface area contributed by atoms with Crippen LogP contribution in [0.15, 0.2) is 30.5 Å². The zero-order valence-electron chi connectivity index (χ0n) is 10.4. The maximum atomic E-state index is 11.3. The molecule has 0 saturated heterocycles. The van der Waals surface area contributed by atoms with E-state index in [1.165, 1.54) is 0 Å². The number of carboxylic acids is 1. The van der Waals surface area contributed by atoms with Crippen LogP contribution in [0.3, 0.4) is 0 Å². The minimum absolute atomic E-state index is 0.551. The maximum absolute atomic E-state index is 11.3. The van der Waals surface area contributed by atoms with Crippen molar-refractivity contribution in [2.75, 3.05) is 5.32 Å². The molecule has 1 atom stereocenters. The Labute approximate surface area is 110 Å². The summed E-state index contributed by atoms with van der Waals surface area (Å²) in [6.45, 7) is 0. The van der Waals surface area contributed by atoms with Crippen LogP contribution in [-0.2, 0) is 4.79 Å². The summed E-state index contributed by atoms with van der Waals surface area (Å²) in [6, 6.07) is 7.03. The van der Waals surface area contributed by atoms with Gasteiger partial charge in [0.2, 0.25) is 0 Å². The van der Waals surface area contributed by atoms with E-state index in [2.05, 4.69) is 15.5 Å². The van der Waals surface area contributed by atoms with E-state index in [0.29, 0.717) is 12.3 Å². The van der Waals surface area contributed by atoms with Crippen LogP contribution in [0.2, 0.25) is 0 Å². The summed E-state index contributed by atoms with van der Waals surface area (Å²) in [5, 5.41) is 21.2. The highest BCUT2D eigenvalue weighted by Gasteiger charge is 2.29. The van der Waals surface area contributed by atoms with Gasteiger partial charge in [0.25, 0.3) is 0 Å². The normalized spacial score (nSPS) is 16.2. The number of hydrogen-bond donors (Lipinski definition) is 2. The Morgan fingerprint density at radius 1 is 1.42 bits per heavy atom. The molecule has 2 N–H and O–H groups in total. The first-order valence-electron chi connectivity index (χ1n) is 6.44. The number of nitrogens with zero attached hydrogens (tertiary/aromatic N) is 2. The van der Waals surface area contributed by atoms with Crippen molar-refractivity contribution in [2.45, 2.75) is 25.3 Å². The molecule has 2 aromatic rings. The first-order chi connectivity index (χ1) is 9.24. The largest absolute Gasteiger partial charge is 0.480 e. The number of nitrogens with one attached hydrogen (secondary N) is 1. The summed E-state index contributed by atoms with van der Waals surface area (Å²) >= 11 is 0. The van der Waals surface area contributed by atoms with E-state index >= 15 is 0 Å². The lowest BCUT2D eigenvalue weighted by Gasteiger charge is -2.16. The molecule has 5 heteroatoms. The summed E-state index contributed by atoms with van der Waals surface area (Å²) in [5.74, 6) is -0.262. The monoisotopic (exact) mass is 257 g/mol. The predicted octanol–water partition coefficient (Wildman–Crippen LogP) is 2.29. The fourth-order valence-corrected chi connectivity index (χ4v) is 2.22. The predicted molar refractivity (Wildman–Crippen MR) is 71.9 cm³/mol. The second kappa shape index (κ2) is 4.84. The Morgan fingerprint density at radius 2 is 2.21 bits per heavy atom. The van der Waals surface area contributed by atoms with Crippen LogP contribution in [0.4, 0.5) is 5.69 Å². The highest BCUT2D eigenvalue weighted by atomic mass is 16.4. The lowest BCUT2D eigenvalue weighted by molar-refractivity contribution is -0.138. The quantitative estimate of drug-likeness (QED) is 0.859. The van der Waals surface area contributed by atoms with Gasteiger partial charge in [0.05, 0.1) is 17.4 Å². The van der Waals surface area contributed by atoms with Gasteiger partial charge in [-0.15, -0.1) is 0 Å². The number of aliphatic carboxylic acids is 1. The number of hydrogen-bond acceptors (Lipinski definition) is 4. The van der Waals surface area contributed by atoms with Crippen LogP contribution in [-0.4, -0.2) is 27.3 Å². The molecular formula is C14H15N3O2. The molecule has 0 amide bonds. The van der Waals surface area contributed by atoms with Gasteiger partial charge in [0.1, 0.15) is 6.04 Å². The van der Waals surface area contributed by atoms with Gasteiger partial charge in [-0.25, -0.2) is 4.79 Å². The smallest absolute Gasteiger partial charge is 0.326 e. The molecule has 0 bridgehead atoms. The van der Waals surface area contributed by atoms with Crippen molar-refractivity contribution in [1.29, 1.82) is 0 Å². The second-order valence-corrected chi connectivity index (χ2v) is 4.99. The van der Waals surface area contributed by atoms with E-state index < -0.39 is 12.0 Å². The van der Waals surface area contributed by atoms with Crippen LogP contribution in [0.25, 0.3) is 10.9 Å². The van der Waals surface area contributed by atoms with Gasteiger partial charge in [-0.2, -0.15) is 10.2 Å². The van der Waals surface area contributed by atoms with Crippen LogP contribution in [0, 0.1) is 5.92 Å². The van der Waals surface area contributed by atoms with Crippen molar-refractivity contribution in [3.05, 3.63) is 30.5 Å². The molecule has 1 aromatic carbocycles. The van der Waals surface area contributed by atoms with Gasteiger partial charge in [-0.1, -0.05) is 31.0 Å². The zero-order chi connectivity index (χ0) is 13.2. The average molecular weight is 257 g/mol. The molecule has 1 heterocycles. The molecule has 98 valence electrons. The zero-order valence-corrected chi connectivity index (χ0v) is 10.4. The number of benzene rings is 1. The van der Waals surface area contributed by atoms with E-state index in [1.807, 2.05) is 24.3 Å². The van der Waals surface area contributed by atoms with Crippen LogP contribution in [0.5, 0.6) is 0 Å². The Morgan fingerprint density at radius 3 is 2.95 bits per heavy atom. The van der Waals surface area contributed by atoms with E-state index in [0.717, 1.165) is 29.4 Å². The number of carbonyl (C=O) groups is 1. The summed E-state index contributed by atoms with van der Waals surface area (Å²) in [4.78, 5) is 11.3. The Hall–Kier alpha value is -2.17. The van der Waals surface area contributed by atoms with E-state index in [9.17, 15) is 9.90 Å². The third kappa shape index (κ3) is 2.65. The van der Waals surface area contributed by atoms with E-state index in [4.69, 9.17) is 0 Å². The molecule has 3 rings (SSSR count). The Balaban J connectivity index is 1.88. The first kappa shape index (κ1) is 11.9. The third-order valence-electron chi connectivity index (χ3n) is 3.44. The maximum Gasteiger partial charge on any atom is 0.326 e. The standard InChI is InChI=1S/C14H15N3O2/c18-14(19)12(7-9-5-6-9)16-13-8-15-17-11-4-2-1-3-10(11)13/h1-4,8-9,12H,5-7H2,(H,16,17)(H,18,19). The van der Waals surface area contributed by atoms with E-state index in [1.54, 1.807) is 6.20 Å². The lowest BCUT2D eigenvalue weighted by Crippen LogP contribution is -2.29. The minimum atomic E-state index is -0.812. The van der Waals surface area contributed by atoms with Crippen molar-refractivity contribution >= 4 is 22.6 Å². The van der Waals surface area contributed by atoms with Crippen LogP contribution < -0.4 is 5.32 Å². The summed E-state index contributed by atoms with van der Waals surface area (Å²) in [7, 11) is 0. The fraction of sp³-hybridized carbons (Fsp3) is 0.357. The molecule has 0 aliphatic heterocycles. The van der Waals surface area contributed by atoms with Crippen molar-refractivity contribution < 1.29 is 9.90 Å². The molecule has 5 nitrogen and oxygen atoms in total. The number of rotatable bonds is 5. The Kier molecular flexibility index (Phi) is 3.03. The highest BCUT2D eigenvalue weighted by molar-refractivity contribution is 5.92. The van der Waals surface area contributed by atoms with Crippen molar-refractivity contribution in [3.63, 3.8) is 0 Å². The van der Waals surface area contributed by atoms with Gasteiger partial charge >= 0.3 is 5.97 Å². The van der Waals surface area contributed by atoms with Gasteiger partial charge in [-0.3, -0.25) is 0 Å². The SMILES string of the molecule is O=C(O)C(CC1CC1)Nc1cnnc2ccccc12. The molecular weight excluding hydrogens is 242 g/mol. The summed E-state index contributed by atoms with van der Waals surface area (Å²) in [6.07, 6.45) is 4.54. The number of carboxylic acid groups (broad SMARTS) is 1. The first-order valence-corrected chi connectivity index (χ1v) is 6.44. The molecule has 1 fully saturated rings. The Bertz CT molecular complexity index is 605. The summed E-state index contributed by atoms with van der Waals surface area (Å²) < 4.78 is 0. The molecule has 1 saturated carbocycles. The van der Waals surface area contributed by atoms with Crippen molar-refractivity contribution in [3.8, 4) is 0 Å². The minimum Gasteiger partial charge on any atom is -0.480 e. The van der Waals surface area contributed by atoms with Gasteiger partial charge < -0.3 is 10.4 Å². The van der Waals surface area contributed by atoms with Gasteiger partial charge in [-0.05, 0) is 18.4 Å². The van der Waals surface area contributed by atoms with Crippen LogP contribution in [0.1, 0.15) is 19.3 Å². The van der Waals surface area contributed by atoms with Crippen LogP contribution >= 0.6 is 0 Å². The lowest BCUT2D eigenvalue weighted by atomic mass is 10.1. The van der Waals surface area contributed by atoms with Crippen molar-refractivity contribution in [1.82, 2.24) is 10.2 Å². The second-order valence-electron chi connectivity index (χ2n) is 4.99. The fourth-order valence-electron chi connectivity index (χ4n) is 2.22. The molecule has 0 radical (unpaired) electrons. The molecule has 1 aromatic heterocycles. The molecule has 19 heavy (non-hydrogen) atoms. The number of aromatic nitrogens is 2. The number of anilines is 1. The topological polar surface area (TPSA) is 75.1 Å². The third-order valence-corrected chi connectivity index (χ3v) is 3.44. The van der Waals surface area contributed by atoms with Crippen molar-refractivity contribution in [2.24, 2.45) is 5.92 Å². The molecule has 1 aliphatic carbocycles.